The first kappa shape index (κ1) is 18.5. The van der Waals surface area contributed by atoms with Crippen LogP contribution in [-0.2, 0) is 9.84 Å². The van der Waals surface area contributed by atoms with Crippen LogP contribution in [0.2, 0.25) is 5.02 Å². The van der Waals surface area contributed by atoms with Gasteiger partial charge < -0.3 is 10.2 Å². The third-order valence-electron chi connectivity index (χ3n) is 4.13. The SMILES string of the molecule is CN(C(=O)c1ccnc(Nc2ccc(F)c(Cl)c2)n1)C1CCS(=O)(=O)C1. The Morgan fingerprint density at radius 3 is 2.81 bits per heavy atom. The van der Waals surface area contributed by atoms with Gasteiger partial charge in [-0.05, 0) is 30.7 Å². The van der Waals surface area contributed by atoms with Crippen molar-refractivity contribution in [2.75, 3.05) is 23.9 Å². The number of nitrogens with one attached hydrogen (secondary N) is 1. The normalized spacial score (nSPS) is 18.5. The maximum Gasteiger partial charge on any atom is 0.272 e. The van der Waals surface area contributed by atoms with Crippen molar-refractivity contribution in [1.29, 1.82) is 0 Å². The molecule has 0 radical (unpaired) electrons. The zero-order valence-corrected chi connectivity index (χ0v) is 15.4. The Labute approximate surface area is 155 Å². The lowest BCUT2D eigenvalue weighted by molar-refractivity contribution is 0.0741. The van der Waals surface area contributed by atoms with Gasteiger partial charge >= 0.3 is 0 Å². The number of amides is 1. The van der Waals surface area contributed by atoms with Crippen LogP contribution in [0.15, 0.2) is 30.5 Å². The summed E-state index contributed by atoms with van der Waals surface area (Å²) in [7, 11) is -1.54. The lowest BCUT2D eigenvalue weighted by Gasteiger charge is -2.23. The van der Waals surface area contributed by atoms with Crippen LogP contribution in [0.1, 0.15) is 16.9 Å². The highest BCUT2D eigenvalue weighted by atomic mass is 35.5. The number of anilines is 2. The second-order valence-electron chi connectivity index (χ2n) is 5.99. The topological polar surface area (TPSA) is 92.3 Å². The molecule has 1 N–H and O–H groups in total. The predicted octanol–water partition coefficient (Wildman–Crippen LogP) is 2.27. The summed E-state index contributed by atoms with van der Waals surface area (Å²) in [6.45, 7) is 0. The lowest BCUT2D eigenvalue weighted by atomic mass is 10.2. The van der Waals surface area contributed by atoms with Crippen LogP contribution in [-0.4, -0.2) is 53.8 Å². The third kappa shape index (κ3) is 4.10. The molecule has 2 heterocycles. The molecule has 1 aliphatic rings. The Morgan fingerprint density at radius 1 is 1.38 bits per heavy atom. The van der Waals surface area contributed by atoms with E-state index in [1.165, 1.54) is 35.4 Å². The summed E-state index contributed by atoms with van der Waals surface area (Å²) >= 11 is 5.73. The quantitative estimate of drug-likeness (QED) is 0.849. The van der Waals surface area contributed by atoms with Gasteiger partial charge in [-0.1, -0.05) is 11.6 Å². The summed E-state index contributed by atoms with van der Waals surface area (Å²) in [6, 6.07) is 5.13. The Hall–Kier alpha value is -2.26. The van der Waals surface area contributed by atoms with Crippen molar-refractivity contribution in [2.45, 2.75) is 12.5 Å². The average molecular weight is 399 g/mol. The van der Waals surface area contributed by atoms with Crippen molar-refractivity contribution in [3.63, 3.8) is 0 Å². The van der Waals surface area contributed by atoms with Crippen LogP contribution >= 0.6 is 11.6 Å². The van der Waals surface area contributed by atoms with E-state index in [0.29, 0.717) is 12.1 Å². The zero-order valence-electron chi connectivity index (χ0n) is 13.8. The number of sulfone groups is 1. The molecule has 26 heavy (non-hydrogen) atoms. The summed E-state index contributed by atoms with van der Waals surface area (Å²) < 4.78 is 36.4. The van der Waals surface area contributed by atoms with Gasteiger partial charge in [0.25, 0.3) is 5.91 Å². The first-order valence-corrected chi connectivity index (χ1v) is 9.98. The summed E-state index contributed by atoms with van der Waals surface area (Å²) in [6.07, 6.45) is 1.82. The Balaban J connectivity index is 1.76. The van der Waals surface area contributed by atoms with Crippen molar-refractivity contribution in [2.24, 2.45) is 0 Å². The van der Waals surface area contributed by atoms with E-state index in [4.69, 9.17) is 11.6 Å². The molecule has 1 saturated heterocycles. The number of hydrogen-bond donors (Lipinski definition) is 1. The van der Waals surface area contributed by atoms with E-state index < -0.39 is 21.6 Å². The monoisotopic (exact) mass is 398 g/mol. The predicted molar refractivity (Wildman–Crippen MR) is 95.9 cm³/mol. The van der Waals surface area contributed by atoms with E-state index in [1.807, 2.05) is 0 Å². The van der Waals surface area contributed by atoms with Gasteiger partial charge in [-0.15, -0.1) is 0 Å². The van der Waals surface area contributed by atoms with Crippen molar-refractivity contribution in [1.82, 2.24) is 14.9 Å². The summed E-state index contributed by atoms with van der Waals surface area (Å²) in [5, 5.41) is 2.80. The molecular weight excluding hydrogens is 383 g/mol. The highest BCUT2D eigenvalue weighted by Crippen LogP contribution is 2.22. The van der Waals surface area contributed by atoms with Crippen LogP contribution in [0.25, 0.3) is 0 Å². The molecule has 1 amide bonds. The van der Waals surface area contributed by atoms with E-state index in [1.54, 1.807) is 7.05 Å². The van der Waals surface area contributed by atoms with Gasteiger partial charge in [0.05, 0.1) is 16.5 Å². The van der Waals surface area contributed by atoms with Crippen LogP contribution in [0, 0.1) is 5.82 Å². The second-order valence-corrected chi connectivity index (χ2v) is 8.63. The fourth-order valence-electron chi connectivity index (χ4n) is 2.67. The molecule has 0 aliphatic carbocycles. The van der Waals surface area contributed by atoms with Crippen LogP contribution < -0.4 is 5.32 Å². The minimum absolute atomic E-state index is 0.0422. The van der Waals surface area contributed by atoms with Gasteiger partial charge in [0.15, 0.2) is 9.84 Å². The number of nitrogens with zero attached hydrogens (tertiary/aromatic N) is 3. The molecule has 7 nitrogen and oxygen atoms in total. The first-order valence-electron chi connectivity index (χ1n) is 7.78. The molecule has 10 heteroatoms. The molecule has 1 fully saturated rings. The highest BCUT2D eigenvalue weighted by Gasteiger charge is 2.33. The van der Waals surface area contributed by atoms with E-state index >= 15 is 0 Å². The Kier molecular flexibility index (Phi) is 5.10. The van der Waals surface area contributed by atoms with Gasteiger partial charge in [0, 0.05) is 25.0 Å². The van der Waals surface area contributed by atoms with Gasteiger partial charge in [-0.2, -0.15) is 0 Å². The number of aromatic nitrogens is 2. The minimum Gasteiger partial charge on any atom is -0.336 e. The number of rotatable bonds is 4. The highest BCUT2D eigenvalue weighted by molar-refractivity contribution is 7.91. The molecule has 1 aromatic carbocycles. The molecule has 138 valence electrons. The smallest absolute Gasteiger partial charge is 0.272 e. The molecule has 0 saturated carbocycles. The summed E-state index contributed by atoms with van der Waals surface area (Å²) in [5.41, 5.74) is 0.596. The average Bonchev–Trinajstić information content (AvgIpc) is 2.97. The molecule has 0 bridgehead atoms. The first-order chi connectivity index (χ1) is 12.2. The van der Waals surface area contributed by atoms with Gasteiger partial charge in [-0.25, -0.2) is 22.8 Å². The molecule has 1 unspecified atom stereocenters. The van der Waals surface area contributed by atoms with Gasteiger partial charge in [0.2, 0.25) is 5.95 Å². The number of carbonyl (C=O) groups excluding carboxylic acids is 1. The second kappa shape index (κ2) is 7.16. The van der Waals surface area contributed by atoms with Crippen LogP contribution in [0.3, 0.4) is 0 Å². The summed E-state index contributed by atoms with van der Waals surface area (Å²) in [4.78, 5) is 22.2. The fraction of sp³-hybridized carbons (Fsp3) is 0.312. The standard InChI is InChI=1S/C16H16ClFN4O3S/c1-22(11-5-7-26(24,25)9-11)15(23)14-4-6-19-16(21-14)20-10-2-3-13(18)12(17)8-10/h2-4,6,8,11H,5,7,9H2,1H3,(H,19,20,21). The largest absolute Gasteiger partial charge is 0.336 e. The number of halogens is 2. The van der Waals surface area contributed by atoms with Crippen molar-refractivity contribution in [3.8, 4) is 0 Å². The number of hydrogen-bond acceptors (Lipinski definition) is 6. The third-order valence-corrected chi connectivity index (χ3v) is 6.17. The molecule has 2 aromatic rings. The Bertz CT molecular complexity index is 954. The molecule has 1 aromatic heterocycles. The maximum absolute atomic E-state index is 13.2. The molecule has 1 atom stereocenters. The van der Waals surface area contributed by atoms with Crippen LogP contribution in [0.5, 0.6) is 0 Å². The minimum atomic E-state index is -3.09. The molecule has 0 spiro atoms. The van der Waals surface area contributed by atoms with E-state index in [9.17, 15) is 17.6 Å². The van der Waals surface area contributed by atoms with E-state index in [-0.39, 0.29) is 34.2 Å². The van der Waals surface area contributed by atoms with Crippen molar-refractivity contribution < 1.29 is 17.6 Å². The number of carbonyl (C=O) groups is 1. The lowest BCUT2D eigenvalue weighted by Crippen LogP contribution is -2.38. The van der Waals surface area contributed by atoms with E-state index in [2.05, 4.69) is 15.3 Å². The Morgan fingerprint density at radius 2 is 2.15 bits per heavy atom. The van der Waals surface area contributed by atoms with Gasteiger partial charge in [0.1, 0.15) is 11.5 Å². The summed E-state index contributed by atoms with van der Waals surface area (Å²) in [5.74, 6) is -0.757. The van der Waals surface area contributed by atoms with Crippen molar-refractivity contribution >= 4 is 39.0 Å². The van der Waals surface area contributed by atoms with Crippen LogP contribution in [0.4, 0.5) is 16.0 Å². The fourth-order valence-corrected chi connectivity index (χ4v) is 4.62. The molecule has 1 aliphatic heterocycles. The maximum atomic E-state index is 13.2. The van der Waals surface area contributed by atoms with Gasteiger partial charge in [-0.3, -0.25) is 4.79 Å². The molecule has 3 rings (SSSR count). The van der Waals surface area contributed by atoms with Crippen molar-refractivity contribution in [3.05, 3.63) is 47.0 Å². The zero-order chi connectivity index (χ0) is 18.9. The molecular formula is C16H16ClFN4O3S. The van der Waals surface area contributed by atoms with E-state index in [0.717, 1.165) is 0 Å². The number of benzene rings is 1.